The molecule has 0 spiro atoms. The number of aliphatic imine (C=N–C) groups is 1. The van der Waals surface area contributed by atoms with E-state index in [0.717, 1.165) is 38.3 Å². The summed E-state index contributed by atoms with van der Waals surface area (Å²) in [4.78, 5) is 7.07. The number of guanidine groups is 1. The van der Waals surface area contributed by atoms with E-state index in [-0.39, 0.29) is 0 Å². The summed E-state index contributed by atoms with van der Waals surface area (Å²) in [6, 6.07) is 18.9. The Kier molecular flexibility index (Phi) is 6.07. The fraction of sp³-hybridized carbons (Fsp3) is 0.381. The van der Waals surface area contributed by atoms with Crippen LogP contribution in [0.5, 0.6) is 0 Å². The number of likely N-dealkylation sites (tertiary alicyclic amines) is 1. The second-order valence-corrected chi connectivity index (χ2v) is 6.91. The quantitative estimate of drug-likeness (QED) is 0.629. The molecule has 1 aliphatic heterocycles. The van der Waals surface area contributed by atoms with E-state index < -0.39 is 0 Å². The topological polar surface area (TPSA) is 53.6 Å². The van der Waals surface area contributed by atoms with Crippen LogP contribution in [-0.2, 0) is 6.42 Å². The third kappa shape index (κ3) is 5.61. The third-order valence-electron chi connectivity index (χ3n) is 4.77. The molecule has 0 saturated carbocycles. The van der Waals surface area contributed by atoms with E-state index in [9.17, 15) is 0 Å². The second-order valence-electron chi connectivity index (χ2n) is 6.91. The molecule has 1 aliphatic rings. The Morgan fingerprint density at radius 2 is 1.92 bits per heavy atom. The highest BCUT2D eigenvalue weighted by atomic mass is 15.2. The zero-order valence-corrected chi connectivity index (χ0v) is 15.0. The molecule has 0 aliphatic carbocycles. The minimum atomic E-state index is 0.506. The largest absolute Gasteiger partial charge is 0.370 e. The van der Waals surface area contributed by atoms with Crippen molar-refractivity contribution in [3.05, 3.63) is 65.7 Å². The zero-order chi connectivity index (χ0) is 17.5. The van der Waals surface area contributed by atoms with E-state index in [1.807, 2.05) is 12.1 Å². The summed E-state index contributed by atoms with van der Waals surface area (Å²) in [5, 5.41) is 3.17. The lowest BCUT2D eigenvalue weighted by Crippen LogP contribution is -2.26. The van der Waals surface area contributed by atoms with Gasteiger partial charge in [-0.3, -0.25) is 4.99 Å². The average molecular weight is 336 g/mol. The minimum Gasteiger partial charge on any atom is -0.370 e. The van der Waals surface area contributed by atoms with Gasteiger partial charge in [-0.25, -0.2) is 0 Å². The van der Waals surface area contributed by atoms with Crippen LogP contribution >= 0.6 is 0 Å². The first kappa shape index (κ1) is 17.5. The van der Waals surface area contributed by atoms with Crippen molar-refractivity contribution in [1.82, 2.24) is 4.90 Å². The Bertz CT molecular complexity index is 679. The van der Waals surface area contributed by atoms with E-state index in [2.05, 4.69) is 64.6 Å². The monoisotopic (exact) mass is 336 g/mol. The molecule has 1 fully saturated rings. The van der Waals surface area contributed by atoms with Crippen LogP contribution in [0.2, 0.25) is 0 Å². The lowest BCUT2D eigenvalue weighted by atomic mass is 10.1. The molecule has 0 radical (unpaired) electrons. The molecule has 2 aromatic rings. The molecular weight excluding hydrogens is 308 g/mol. The van der Waals surface area contributed by atoms with Gasteiger partial charge in [-0.1, -0.05) is 48.0 Å². The van der Waals surface area contributed by atoms with Gasteiger partial charge in [0.2, 0.25) is 0 Å². The summed E-state index contributed by atoms with van der Waals surface area (Å²) in [7, 11) is 0. The Balaban J connectivity index is 1.40. The first-order valence-corrected chi connectivity index (χ1v) is 9.09. The van der Waals surface area contributed by atoms with Crippen LogP contribution in [0.15, 0.2) is 59.6 Å². The molecule has 1 saturated heterocycles. The predicted molar refractivity (Wildman–Crippen MR) is 106 cm³/mol. The smallest absolute Gasteiger partial charge is 0.193 e. The van der Waals surface area contributed by atoms with E-state index in [1.165, 1.54) is 17.5 Å². The van der Waals surface area contributed by atoms with Gasteiger partial charge in [0.15, 0.2) is 5.96 Å². The summed E-state index contributed by atoms with van der Waals surface area (Å²) in [6.45, 7) is 6.28. The first-order chi connectivity index (χ1) is 12.2. The van der Waals surface area contributed by atoms with Crippen molar-refractivity contribution in [2.45, 2.75) is 19.8 Å². The van der Waals surface area contributed by atoms with Gasteiger partial charge in [-0.05, 0) is 49.9 Å². The van der Waals surface area contributed by atoms with Gasteiger partial charge in [0.05, 0.1) is 0 Å². The van der Waals surface area contributed by atoms with Crippen molar-refractivity contribution in [1.29, 1.82) is 0 Å². The highest BCUT2D eigenvalue weighted by Gasteiger charge is 2.21. The van der Waals surface area contributed by atoms with E-state index in [0.29, 0.717) is 11.9 Å². The normalized spacial score (nSPS) is 18.4. The van der Waals surface area contributed by atoms with Crippen LogP contribution in [0.3, 0.4) is 0 Å². The van der Waals surface area contributed by atoms with E-state index in [4.69, 9.17) is 5.73 Å². The molecule has 132 valence electrons. The van der Waals surface area contributed by atoms with Crippen molar-refractivity contribution < 1.29 is 0 Å². The van der Waals surface area contributed by atoms with Gasteiger partial charge < -0.3 is 16.0 Å². The maximum atomic E-state index is 6.02. The van der Waals surface area contributed by atoms with Crippen molar-refractivity contribution >= 4 is 11.6 Å². The lowest BCUT2D eigenvalue weighted by Gasteiger charge is -2.15. The number of rotatable bonds is 6. The summed E-state index contributed by atoms with van der Waals surface area (Å²) in [5.41, 5.74) is 9.66. The number of benzene rings is 2. The lowest BCUT2D eigenvalue weighted by molar-refractivity contribution is 0.330. The second kappa shape index (κ2) is 8.67. The summed E-state index contributed by atoms with van der Waals surface area (Å²) >= 11 is 0. The van der Waals surface area contributed by atoms with Gasteiger partial charge in [0.1, 0.15) is 0 Å². The molecule has 4 nitrogen and oxygen atoms in total. The maximum Gasteiger partial charge on any atom is 0.193 e. The zero-order valence-electron chi connectivity index (χ0n) is 15.0. The number of nitrogens with zero attached hydrogens (tertiary/aromatic N) is 2. The van der Waals surface area contributed by atoms with Crippen molar-refractivity contribution in [3.8, 4) is 0 Å². The fourth-order valence-corrected chi connectivity index (χ4v) is 3.25. The standard InChI is InChI=1S/C21H28N4/c1-17-7-9-20(10-8-17)24-21(22)23-15-19-12-14-25(16-19)13-11-18-5-3-2-4-6-18/h2-10,19H,11-16H2,1H3,(H3,22,23,24). The van der Waals surface area contributed by atoms with Crippen LogP contribution < -0.4 is 11.1 Å². The molecule has 1 unspecified atom stereocenters. The highest BCUT2D eigenvalue weighted by Crippen LogP contribution is 2.17. The molecule has 3 N–H and O–H groups in total. The number of aryl methyl sites for hydroxylation is 1. The number of hydrogen-bond acceptors (Lipinski definition) is 2. The van der Waals surface area contributed by atoms with Crippen LogP contribution in [0.1, 0.15) is 17.5 Å². The van der Waals surface area contributed by atoms with Crippen molar-refractivity contribution in [3.63, 3.8) is 0 Å². The van der Waals surface area contributed by atoms with Crippen molar-refractivity contribution in [2.24, 2.45) is 16.6 Å². The molecule has 25 heavy (non-hydrogen) atoms. The first-order valence-electron chi connectivity index (χ1n) is 9.09. The number of hydrogen-bond donors (Lipinski definition) is 2. The van der Waals surface area contributed by atoms with Gasteiger partial charge in [-0.2, -0.15) is 0 Å². The molecule has 1 heterocycles. The predicted octanol–water partition coefficient (Wildman–Crippen LogP) is 3.29. The molecule has 4 heteroatoms. The average Bonchev–Trinajstić information content (AvgIpc) is 3.09. The van der Waals surface area contributed by atoms with Gasteiger partial charge in [0, 0.05) is 25.3 Å². The Morgan fingerprint density at radius 3 is 2.68 bits per heavy atom. The highest BCUT2D eigenvalue weighted by molar-refractivity contribution is 5.92. The fourth-order valence-electron chi connectivity index (χ4n) is 3.25. The number of anilines is 1. The maximum absolute atomic E-state index is 6.02. The molecule has 1 atom stereocenters. The Hall–Kier alpha value is -2.33. The van der Waals surface area contributed by atoms with Crippen LogP contribution in [0, 0.1) is 12.8 Å². The van der Waals surface area contributed by atoms with Gasteiger partial charge in [0.25, 0.3) is 0 Å². The molecule has 0 amide bonds. The van der Waals surface area contributed by atoms with Crippen molar-refractivity contribution in [2.75, 3.05) is 31.5 Å². The van der Waals surface area contributed by atoms with Crippen LogP contribution in [-0.4, -0.2) is 37.0 Å². The number of nitrogens with two attached hydrogens (primary N) is 1. The molecule has 2 aromatic carbocycles. The van der Waals surface area contributed by atoms with Gasteiger partial charge >= 0.3 is 0 Å². The number of nitrogens with one attached hydrogen (secondary N) is 1. The molecule has 0 bridgehead atoms. The summed E-state index contributed by atoms with van der Waals surface area (Å²) in [6.07, 6.45) is 2.32. The molecule has 3 rings (SSSR count). The van der Waals surface area contributed by atoms with Gasteiger partial charge in [-0.15, -0.1) is 0 Å². The Morgan fingerprint density at radius 1 is 1.16 bits per heavy atom. The van der Waals surface area contributed by atoms with E-state index in [1.54, 1.807) is 0 Å². The molecule has 0 aromatic heterocycles. The summed E-state index contributed by atoms with van der Waals surface area (Å²) in [5.74, 6) is 1.11. The Labute approximate surface area is 150 Å². The SMILES string of the molecule is Cc1ccc(NC(N)=NCC2CCN(CCc3ccccc3)C2)cc1. The van der Waals surface area contributed by atoms with E-state index >= 15 is 0 Å². The third-order valence-corrected chi connectivity index (χ3v) is 4.77. The van der Waals surface area contributed by atoms with Crippen LogP contribution in [0.25, 0.3) is 0 Å². The molecular formula is C21H28N4. The summed E-state index contributed by atoms with van der Waals surface area (Å²) < 4.78 is 0. The van der Waals surface area contributed by atoms with Crippen LogP contribution in [0.4, 0.5) is 5.69 Å². The minimum absolute atomic E-state index is 0.506.